The molecule has 2 unspecified atom stereocenters. The Labute approximate surface area is 105 Å². The minimum atomic E-state index is -3.51. The number of rotatable bonds is 2. The molecule has 1 saturated heterocycles. The Morgan fingerprint density at radius 3 is 2.47 bits per heavy atom. The van der Waals surface area contributed by atoms with E-state index in [1.807, 2.05) is 13.8 Å². The average Bonchev–Trinajstić information content (AvgIpc) is 2.70. The highest BCUT2D eigenvalue weighted by Gasteiger charge is 2.37. The van der Waals surface area contributed by atoms with Gasteiger partial charge in [-0.2, -0.15) is 4.31 Å². The van der Waals surface area contributed by atoms with Crippen molar-refractivity contribution < 1.29 is 8.42 Å². The third-order valence-corrected chi connectivity index (χ3v) is 6.61. The maximum Gasteiger partial charge on any atom is 0.305 e. The van der Waals surface area contributed by atoms with Crippen LogP contribution in [0, 0.1) is 12.8 Å². The minimum absolute atomic E-state index is 0.00611. The Morgan fingerprint density at radius 2 is 2.06 bits per heavy atom. The van der Waals surface area contributed by atoms with Gasteiger partial charge in [0.05, 0.1) is 0 Å². The number of nitrogens with one attached hydrogen (secondary N) is 1. The van der Waals surface area contributed by atoms with Gasteiger partial charge >= 0.3 is 4.87 Å². The van der Waals surface area contributed by atoms with Crippen LogP contribution in [-0.2, 0) is 10.0 Å². The number of sulfonamides is 1. The molecular formula is C10H16N2O3S2. The first kappa shape index (κ1) is 12.8. The van der Waals surface area contributed by atoms with Crippen molar-refractivity contribution in [2.75, 3.05) is 6.54 Å². The van der Waals surface area contributed by atoms with E-state index in [1.54, 1.807) is 6.92 Å². The van der Waals surface area contributed by atoms with Gasteiger partial charge in [-0.1, -0.05) is 18.3 Å². The fourth-order valence-electron chi connectivity index (χ4n) is 2.34. The number of aromatic amines is 1. The van der Waals surface area contributed by atoms with Crippen LogP contribution < -0.4 is 4.87 Å². The van der Waals surface area contributed by atoms with E-state index >= 15 is 0 Å². The highest BCUT2D eigenvalue weighted by molar-refractivity contribution is 7.91. The van der Waals surface area contributed by atoms with Gasteiger partial charge in [0.2, 0.25) is 0 Å². The Bertz CT molecular complexity index is 573. The fraction of sp³-hybridized carbons (Fsp3) is 0.700. The number of hydrogen-bond acceptors (Lipinski definition) is 4. The fourth-order valence-corrected chi connectivity index (χ4v) is 5.51. The summed E-state index contributed by atoms with van der Waals surface area (Å²) in [5.41, 5.74) is 0.437. The lowest BCUT2D eigenvalue weighted by molar-refractivity contribution is 0.406. The second-order valence-electron chi connectivity index (χ2n) is 4.69. The molecule has 17 heavy (non-hydrogen) atoms. The maximum atomic E-state index is 12.4. The molecule has 0 radical (unpaired) electrons. The molecule has 1 aliphatic rings. The summed E-state index contributed by atoms with van der Waals surface area (Å²) >= 11 is 0.771. The van der Waals surface area contributed by atoms with E-state index in [-0.39, 0.29) is 15.1 Å². The topological polar surface area (TPSA) is 70.2 Å². The van der Waals surface area contributed by atoms with Gasteiger partial charge in [0, 0.05) is 18.3 Å². The van der Waals surface area contributed by atoms with Gasteiger partial charge in [0.1, 0.15) is 0 Å². The van der Waals surface area contributed by atoms with Gasteiger partial charge in [-0.15, -0.1) is 0 Å². The molecule has 96 valence electrons. The lowest BCUT2D eigenvalue weighted by atomic mass is 10.1. The molecule has 5 nitrogen and oxygen atoms in total. The molecular weight excluding hydrogens is 260 g/mol. The van der Waals surface area contributed by atoms with Crippen LogP contribution in [0.5, 0.6) is 0 Å². The van der Waals surface area contributed by atoms with E-state index in [0.29, 0.717) is 18.2 Å². The van der Waals surface area contributed by atoms with Crippen molar-refractivity contribution in [2.24, 2.45) is 5.92 Å². The summed E-state index contributed by atoms with van der Waals surface area (Å²) in [4.78, 5) is 13.4. The van der Waals surface area contributed by atoms with Crippen LogP contribution in [0.4, 0.5) is 0 Å². The van der Waals surface area contributed by atoms with E-state index < -0.39 is 10.0 Å². The van der Waals surface area contributed by atoms with Crippen LogP contribution in [0.1, 0.15) is 26.0 Å². The molecule has 0 aromatic carbocycles. The predicted octanol–water partition coefficient (Wildman–Crippen LogP) is 1.16. The molecule has 0 bridgehead atoms. The molecule has 0 amide bonds. The third kappa shape index (κ3) is 2.19. The van der Waals surface area contributed by atoms with Gasteiger partial charge in [0.15, 0.2) is 4.21 Å². The van der Waals surface area contributed by atoms with Gasteiger partial charge in [0.25, 0.3) is 10.0 Å². The standard InChI is InChI=1S/C10H16N2O3S2/c1-6-4-7(2)12(5-6)17(14,15)9-8(3)11-10(13)16-9/h6-7H,4-5H2,1-3H3,(H,11,13). The van der Waals surface area contributed by atoms with Crippen LogP contribution in [0.15, 0.2) is 9.00 Å². The van der Waals surface area contributed by atoms with Crippen LogP contribution >= 0.6 is 11.3 Å². The van der Waals surface area contributed by atoms with Crippen LogP contribution in [0.25, 0.3) is 0 Å². The number of nitrogens with zero attached hydrogens (tertiary/aromatic N) is 1. The lowest BCUT2D eigenvalue weighted by Gasteiger charge is -2.20. The highest BCUT2D eigenvalue weighted by Crippen LogP contribution is 2.30. The Hall–Kier alpha value is -0.660. The van der Waals surface area contributed by atoms with Crippen LogP contribution in [-0.4, -0.2) is 30.3 Å². The van der Waals surface area contributed by atoms with Gasteiger partial charge < -0.3 is 4.98 Å². The third-order valence-electron chi connectivity index (χ3n) is 3.05. The molecule has 1 aliphatic heterocycles. The zero-order valence-corrected chi connectivity index (χ0v) is 11.7. The lowest BCUT2D eigenvalue weighted by Crippen LogP contribution is -2.33. The Morgan fingerprint density at radius 1 is 1.41 bits per heavy atom. The summed E-state index contributed by atoms with van der Waals surface area (Å²) in [6.45, 7) is 6.11. The van der Waals surface area contributed by atoms with Crippen molar-refractivity contribution in [1.29, 1.82) is 0 Å². The Balaban J connectivity index is 2.44. The maximum absolute atomic E-state index is 12.4. The molecule has 1 aromatic rings. The van der Waals surface area contributed by atoms with Gasteiger partial charge in [-0.05, 0) is 26.2 Å². The van der Waals surface area contributed by atoms with Gasteiger partial charge in [-0.3, -0.25) is 4.79 Å². The zero-order chi connectivity index (χ0) is 12.8. The molecule has 1 N–H and O–H groups in total. The highest BCUT2D eigenvalue weighted by atomic mass is 32.2. The van der Waals surface area contributed by atoms with E-state index in [1.165, 1.54) is 4.31 Å². The molecule has 2 atom stereocenters. The SMILES string of the molecule is Cc1[nH]c(=O)sc1S(=O)(=O)N1CC(C)CC1C. The quantitative estimate of drug-likeness (QED) is 0.881. The van der Waals surface area contributed by atoms with Gasteiger partial charge in [-0.25, -0.2) is 8.42 Å². The first-order valence-electron chi connectivity index (χ1n) is 5.54. The average molecular weight is 276 g/mol. The van der Waals surface area contributed by atoms with Crippen molar-refractivity contribution in [3.63, 3.8) is 0 Å². The molecule has 2 heterocycles. The smallest absolute Gasteiger partial charge is 0.305 e. The van der Waals surface area contributed by atoms with E-state index in [9.17, 15) is 13.2 Å². The number of aryl methyl sites for hydroxylation is 1. The predicted molar refractivity (Wildman–Crippen MR) is 66.8 cm³/mol. The summed E-state index contributed by atoms with van der Waals surface area (Å²) in [5, 5.41) is 0. The van der Waals surface area contributed by atoms with Crippen LogP contribution in [0.2, 0.25) is 0 Å². The summed E-state index contributed by atoms with van der Waals surface area (Å²) in [6, 6.07) is 0.00611. The van der Waals surface area contributed by atoms with E-state index in [0.717, 1.165) is 17.8 Å². The summed E-state index contributed by atoms with van der Waals surface area (Å²) in [6.07, 6.45) is 0.873. The first-order chi connectivity index (χ1) is 7.82. The van der Waals surface area contributed by atoms with Crippen molar-refractivity contribution in [2.45, 2.75) is 37.4 Å². The summed E-state index contributed by atoms with van der Waals surface area (Å²) in [5.74, 6) is 0.371. The molecule has 7 heteroatoms. The van der Waals surface area contributed by atoms with E-state index in [4.69, 9.17) is 0 Å². The van der Waals surface area contributed by atoms with Crippen molar-refractivity contribution in [3.05, 3.63) is 15.4 Å². The zero-order valence-electron chi connectivity index (χ0n) is 10.1. The summed E-state index contributed by atoms with van der Waals surface area (Å²) in [7, 11) is -3.51. The first-order valence-corrected chi connectivity index (χ1v) is 7.79. The largest absolute Gasteiger partial charge is 0.315 e. The number of aromatic nitrogens is 1. The summed E-state index contributed by atoms with van der Waals surface area (Å²) < 4.78 is 26.5. The second-order valence-corrected chi connectivity index (χ2v) is 7.76. The molecule has 1 fully saturated rings. The number of hydrogen-bond donors (Lipinski definition) is 1. The van der Waals surface area contributed by atoms with Crippen LogP contribution in [0.3, 0.4) is 0 Å². The van der Waals surface area contributed by atoms with E-state index in [2.05, 4.69) is 4.98 Å². The minimum Gasteiger partial charge on any atom is -0.315 e. The molecule has 2 rings (SSSR count). The molecule has 0 spiro atoms. The normalized spacial score (nSPS) is 26.5. The number of thiazole rings is 1. The number of H-pyrrole nitrogens is 1. The van der Waals surface area contributed by atoms with Crippen molar-refractivity contribution >= 4 is 21.4 Å². The monoisotopic (exact) mass is 276 g/mol. The molecule has 0 aliphatic carbocycles. The second kappa shape index (κ2) is 4.22. The molecule has 1 aromatic heterocycles. The molecule has 0 saturated carbocycles. The van der Waals surface area contributed by atoms with Crippen molar-refractivity contribution in [1.82, 2.24) is 9.29 Å². The Kier molecular flexibility index (Phi) is 3.17. The van der Waals surface area contributed by atoms with Crippen molar-refractivity contribution in [3.8, 4) is 0 Å².